The van der Waals surface area contributed by atoms with Gasteiger partial charge in [-0.1, -0.05) is 0 Å². The molecule has 0 fully saturated rings. The van der Waals surface area contributed by atoms with E-state index in [1.54, 1.807) is 12.6 Å². The number of nitrogens with two attached hydrogens (primary N) is 1. The van der Waals surface area contributed by atoms with E-state index in [2.05, 4.69) is 4.98 Å². The molecule has 1 heterocycles. The van der Waals surface area contributed by atoms with Gasteiger partial charge in [0.25, 0.3) is 0 Å². The Morgan fingerprint density at radius 2 is 2.21 bits per heavy atom. The Balaban J connectivity index is 2.54. The molecule has 8 heteroatoms. The van der Waals surface area contributed by atoms with E-state index < -0.39 is 15.9 Å². The largest absolute Gasteiger partial charge is 0.339 e. The monoisotopic (exact) mass is 305 g/mol. The van der Waals surface area contributed by atoms with Crippen LogP contribution in [0.1, 0.15) is 17.0 Å². The Morgan fingerprint density at radius 1 is 1.58 bits per heavy atom. The smallest absolute Gasteiger partial charge is 0.239 e. The molecule has 2 N–H and O–H groups in total. The second-order valence-corrected chi connectivity index (χ2v) is 7.78. The van der Waals surface area contributed by atoms with Crippen LogP contribution in [0, 0.1) is 6.92 Å². The molecule has 0 bridgehead atoms. The number of rotatable bonds is 6. The zero-order chi connectivity index (χ0) is 14.6. The Morgan fingerprint density at radius 3 is 2.68 bits per heavy atom. The van der Waals surface area contributed by atoms with E-state index in [0.717, 1.165) is 16.8 Å². The second kappa shape index (κ2) is 6.44. The molecule has 0 saturated heterocycles. The molecular formula is C11H19N3O3S2. The number of sulfone groups is 1. The fourth-order valence-electron chi connectivity index (χ4n) is 1.52. The van der Waals surface area contributed by atoms with Crippen molar-refractivity contribution in [1.82, 2.24) is 9.88 Å². The maximum Gasteiger partial charge on any atom is 0.239 e. The molecule has 0 saturated carbocycles. The highest BCUT2D eigenvalue weighted by atomic mass is 32.2. The van der Waals surface area contributed by atoms with Gasteiger partial charge in [0.15, 0.2) is 0 Å². The van der Waals surface area contributed by atoms with E-state index in [9.17, 15) is 13.2 Å². The molecule has 1 amide bonds. The standard InChI is InChI=1S/C11H19N3O3S2/c1-8-10(18-7-13-8)6-14(2)11(15)9(12)4-5-19(3,16)17/h7,9H,4-6,12H2,1-3H3. The summed E-state index contributed by atoms with van der Waals surface area (Å²) < 4.78 is 22.1. The highest BCUT2D eigenvalue weighted by Crippen LogP contribution is 2.14. The van der Waals surface area contributed by atoms with Crippen molar-refractivity contribution in [2.24, 2.45) is 5.73 Å². The molecule has 1 aromatic heterocycles. The maximum absolute atomic E-state index is 12.0. The summed E-state index contributed by atoms with van der Waals surface area (Å²) in [6.45, 7) is 2.33. The lowest BCUT2D eigenvalue weighted by Crippen LogP contribution is -2.42. The van der Waals surface area contributed by atoms with Gasteiger partial charge in [-0.3, -0.25) is 4.79 Å². The Kier molecular flexibility index (Phi) is 5.45. The third kappa shape index (κ3) is 5.25. The Hall–Kier alpha value is -0.990. The molecule has 0 aliphatic heterocycles. The molecule has 19 heavy (non-hydrogen) atoms. The van der Waals surface area contributed by atoms with Gasteiger partial charge in [0, 0.05) is 18.2 Å². The van der Waals surface area contributed by atoms with Gasteiger partial charge in [-0.25, -0.2) is 13.4 Å². The van der Waals surface area contributed by atoms with Crippen LogP contribution < -0.4 is 5.73 Å². The first-order valence-corrected chi connectivity index (χ1v) is 8.72. The van der Waals surface area contributed by atoms with Crippen molar-refractivity contribution < 1.29 is 13.2 Å². The first-order chi connectivity index (χ1) is 8.70. The van der Waals surface area contributed by atoms with Gasteiger partial charge < -0.3 is 10.6 Å². The predicted molar refractivity (Wildman–Crippen MR) is 75.6 cm³/mol. The van der Waals surface area contributed by atoms with Gasteiger partial charge in [0.1, 0.15) is 9.84 Å². The van der Waals surface area contributed by atoms with Crippen LogP contribution in [0.3, 0.4) is 0 Å². The fraction of sp³-hybridized carbons (Fsp3) is 0.636. The number of hydrogen-bond donors (Lipinski definition) is 1. The predicted octanol–water partition coefficient (Wildman–Crippen LogP) is 0.172. The molecule has 108 valence electrons. The number of amides is 1. The van der Waals surface area contributed by atoms with Crippen LogP contribution in [-0.4, -0.2) is 49.3 Å². The van der Waals surface area contributed by atoms with E-state index in [0.29, 0.717) is 6.54 Å². The summed E-state index contributed by atoms with van der Waals surface area (Å²) in [7, 11) is -1.44. The van der Waals surface area contributed by atoms with E-state index in [-0.39, 0.29) is 18.1 Å². The van der Waals surface area contributed by atoms with E-state index in [4.69, 9.17) is 5.73 Å². The van der Waals surface area contributed by atoms with Crippen LogP contribution in [0.5, 0.6) is 0 Å². The summed E-state index contributed by atoms with van der Waals surface area (Å²) in [4.78, 5) is 18.6. The van der Waals surface area contributed by atoms with Crippen molar-refractivity contribution >= 4 is 27.1 Å². The lowest BCUT2D eigenvalue weighted by atomic mass is 10.2. The lowest BCUT2D eigenvalue weighted by molar-refractivity contribution is -0.131. The molecule has 1 atom stereocenters. The molecule has 0 spiro atoms. The third-order valence-corrected chi connectivity index (χ3v) is 4.62. The summed E-state index contributed by atoms with van der Waals surface area (Å²) in [5.41, 5.74) is 8.35. The summed E-state index contributed by atoms with van der Waals surface area (Å²) in [5.74, 6) is -0.329. The molecule has 1 aromatic rings. The van der Waals surface area contributed by atoms with Crippen LogP contribution >= 0.6 is 11.3 Å². The summed E-state index contributed by atoms with van der Waals surface area (Å²) in [5, 5.41) is 0. The minimum absolute atomic E-state index is 0.0761. The number of thiazole rings is 1. The molecular weight excluding hydrogens is 286 g/mol. The van der Waals surface area contributed by atoms with E-state index in [1.807, 2.05) is 6.92 Å². The highest BCUT2D eigenvalue weighted by molar-refractivity contribution is 7.90. The Bertz CT molecular complexity index is 539. The molecule has 0 aliphatic carbocycles. The van der Waals surface area contributed by atoms with Crippen molar-refractivity contribution in [3.05, 3.63) is 16.1 Å². The first kappa shape index (κ1) is 16.1. The van der Waals surface area contributed by atoms with Crippen molar-refractivity contribution in [3.63, 3.8) is 0 Å². The highest BCUT2D eigenvalue weighted by Gasteiger charge is 2.20. The van der Waals surface area contributed by atoms with Crippen molar-refractivity contribution in [2.75, 3.05) is 19.1 Å². The fourth-order valence-corrected chi connectivity index (χ4v) is 3.03. The van der Waals surface area contributed by atoms with Gasteiger partial charge in [-0.15, -0.1) is 11.3 Å². The van der Waals surface area contributed by atoms with Crippen LogP contribution in [0.25, 0.3) is 0 Å². The number of aryl methyl sites for hydroxylation is 1. The SMILES string of the molecule is Cc1ncsc1CN(C)C(=O)C(N)CCS(C)(=O)=O. The average Bonchev–Trinajstić information content (AvgIpc) is 2.70. The lowest BCUT2D eigenvalue weighted by Gasteiger charge is -2.20. The summed E-state index contributed by atoms with van der Waals surface area (Å²) in [6, 6.07) is -0.784. The zero-order valence-electron chi connectivity index (χ0n) is 11.3. The number of aromatic nitrogens is 1. The van der Waals surface area contributed by atoms with Crippen LogP contribution in [-0.2, 0) is 21.2 Å². The number of nitrogens with zero attached hydrogens (tertiary/aromatic N) is 2. The summed E-state index contributed by atoms with van der Waals surface area (Å²) in [6.07, 6.45) is 1.28. The average molecular weight is 305 g/mol. The van der Waals surface area contributed by atoms with Crippen LogP contribution in [0.15, 0.2) is 5.51 Å². The van der Waals surface area contributed by atoms with Gasteiger partial charge in [-0.05, 0) is 13.3 Å². The number of hydrogen-bond acceptors (Lipinski definition) is 6. The molecule has 0 radical (unpaired) electrons. The van der Waals surface area contributed by atoms with Gasteiger partial charge in [0.05, 0.1) is 29.5 Å². The second-order valence-electron chi connectivity index (χ2n) is 4.58. The number of carbonyl (C=O) groups excluding carboxylic acids is 1. The molecule has 1 unspecified atom stereocenters. The minimum atomic E-state index is -3.09. The van der Waals surface area contributed by atoms with Crippen molar-refractivity contribution in [1.29, 1.82) is 0 Å². The minimum Gasteiger partial charge on any atom is -0.339 e. The number of carbonyl (C=O) groups is 1. The molecule has 0 aliphatic rings. The molecule has 1 rings (SSSR count). The number of likely N-dealkylation sites (N-methyl/N-ethyl adjacent to an activating group) is 1. The van der Waals surface area contributed by atoms with Gasteiger partial charge in [-0.2, -0.15) is 0 Å². The van der Waals surface area contributed by atoms with Crippen molar-refractivity contribution in [3.8, 4) is 0 Å². The van der Waals surface area contributed by atoms with Crippen LogP contribution in [0.4, 0.5) is 0 Å². The van der Waals surface area contributed by atoms with Crippen molar-refractivity contribution in [2.45, 2.75) is 25.9 Å². The Labute approximate surface area is 117 Å². The molecule has 0 aromatic carbocycles. The summed E-state index contributed by atoms with van der Waals surface area (Å²) >= 11 is 1.48. The third-order valence-electron chi connectivity index (χ3n) is 2.72. The van der Waals surface area contributed by atoms with Gasteiger partial charge in [0.2, 0.25) is 5.91 Å². The molecule has 6 nitrogen and oxygen atoms in total. The maximum atomic E-state index is 12.0. The zero-order valence-corrected chi connectivity index (χ0v) is 12.9. The van der Waals surface area contributed by atoms with E-state index >= 15 is 0 Å². The van der Waals surface area contributed by atoms with Gasteiger partial charge >= 0.3 is 0 Å². The van der Waals surface area contributed by atoms with E-state index in [1.165, 1.54) is 16.2 Å². The van der Waals surface area contributed by atoms with Crippen LogP contribution in [0.2, 0.25) is 0 Å². The topological polar surface area (TPSA) is 93.4 Å². The quantitative estimate of drug-likeness (QED) is 0.809. The normalized spacial score (nSPS) is 13.3. The first-order valence-electron chi connectivity index (χ1n) is 5.78.